The van der Waals surface area contributed by atoms with Gasteiger partial charge in [0.2, 0.25) is 5.88 Å². The van der Waals surface area contributed by atoms with Gasteiger partial charge in [0.15, 0.2) is 5.96 Å². The van der Waals surface area contributed by atoms with Crippen LogP contribution in [0.2, 0.25) is 0 Å². The third-order valence-electron chi connectivity index (χ3n) is 4.97. The van der Waals surface area contributed by atoms with E-state index in [2.05, 4.69) is 30.5 Å². The lowest BCUT2D eigenvalue weighted by atomic mass is 10.1. The van der Waals surface area contributed by atoms with Gasteiger partial charge in [-0.2, -0.15) is 13.2 Å². The van der Waals surface area contributed by atoms with Crippen molar-refractivity contribution < 1.29 is 17.9 Å². The summed E-state index contributed by atoms with van der Waals surface area (Å²) in [7, 11) is 1.70. The average molecular weight is 564 g/mol. The highest BCUT2D eigenvalue weighted by Gasteiger charge is 2.30. The molecule has 3 heterocycles. The lowest BCUT2D eigenvalue weighted by Gasteiger charge is -2.32. The molecule has 0 bridgehead atoms. The van der Waals surface area contributed by atoms with Gasteiger partial charge in [-0.25, -0.2) is 4.98 Å². The Balaban J connectivity index is 0.00000363. The number of hydrogen-bond acceptors (Lipinski definition) is 5. The van der Waals surface area contributed by atoms with E-state index in [1.165, 1.54) is 6.07 Å². The number of nitrogens with zero attached hydrogens (tertiary/aromatic N) is 4. The SMILES string of the molecule is CN=C(NCCOc1ccc(C(F)(F)F)cn1)NC1CCN(Cc2ccccn2)CC1.I. The van der Waals surface area contributed by atoms with Gasteiger partial charge in [-0.3, -0.25) is 14.9 Å². The zero-order valence-corrected chi connectivity index (χ0v) is 20.1. The summed E-state index contributed by atoms with van der Waals surface area (Å²) in [6.07, 6.45) is 0.180. The quantitative estimate of drug-likeness (QED) is 0.233. The highest BCUT2D eigenvalue weighted by Crippen LogP contribution is 2.29. The van der Waals surface area contributed by atoms with E-state index in [1.54, 1.807) is 7.05 Å². The minimum Gasteiger partial charge on any atom is -0.476 e. The average Bonchev–Trinajstić information content (AvgIpc) is 2.77. The van der Waals surface area contributed by atoms with Crippen molar-refractivity contribution >= 4 is 29.9 Å². The standard InChI is InChI=1S/C21H27F3N6O.HI/c1-25-20(27-10-13-31-19-6-5-16(14-28-19)21(22,23)24)29-17-7-11-30(12-8-17)15-18-4-2-3-9-26-18;/h2-6,9,14,17H,7-8,10-13,15H2,1H3,(H2,25,27,29);1H. The van der Waals surface area contributed by atoms with E-state index >= 15 is 0 Å². The zero-order valence-electron chi connectivity index (χ0n) is 17.8. The predicted octanol–water partition coefficient (Wildman–Crippen LogP) is 3.32. The normalized spacial score (nSPS) is 15.7. The van der Waals surface area contributed by atoms with Gasteiger partial charge < -0.3 is 15.4 Å². The number of guanidine groups is 1. The Morgan fingerprint density at radius 3 is 2.56 bits per heavy atom. The van der Waals surface area contributed by atoms with Gasteiger partial charge in [-0.05, 0) is 31.0 Å². The van der Waals surface area contributed by atoms with Gasteiger partial charge in [0.1, 0.15) is 6.61 Å². The second-order valence-electron chi connectivity index (χ2n) is 7.25. The predicted molar refractivity (Wildman–Crippen MR) is 127 cm³/mol. The number of halogens is 4. The summed E-state index contributed by atoms with van der Waals surface area (Å²) in [5.74, 6) is 0.824. The molecule has 0 amide bonds. The van der Waals surface area contributed by atoms with E-state index in [-0.39, 0.29) is 36.5 Å². The smallest absolute Gasteiger partial charge is 0.417 e. The molecule has 1 aliphatic rings. The fourth-order valence-electron chi connectivity index (χ4n) is 3.30. The molecule has 2 N–H and O–H groups in total. The van der Waals surface area contributed by atoms with Gasteiger partial charge in [-0.15, -0.1) is 24.0 Å². The van der Waals surface area contributed by atoms with E-state index in [0.717, 1.165) is 50.4 Å². The first-order valence-corrected chi connectivity index (χ1v) is 10.2. The lowest BCUT2D eigenvalue weighted by molar-refractivity contribution is -0.137. The van der Waals surface area contributed by atoms with Gasteiger partial charge >= 0.3 is 6.18 Å². The number of piperidine rings is 1. The molecule has 0 saturated carbocycles. The number of ether oxygens (including phenoxy) is 1. The summed E-state index contributed by atoms with van der Waals surface area (Å²) >= 11 is 0. The van der Waals surface area contributed by atoms with Crippen molar-refractivity contribution in [3.63, 3.8) is 0 Å². The van der Waals surface area contributed by atoms with Gasteiger partial charge in [0, 0.05) is 51.2 Å². The Morgan fingerprint density at radius 2 is 1.97 bits per heavy atom. The molecule has 1 fully saturated rings. The van der Waals surface area contributed by atoms with E-state index in [0.29, 0.717) is 18.5 Å². The summed E-state index contributed by atoms with van der Waals surface area (Å²) in [5.41, 5.74) is 0.280. The molecule has 0 aromatic carbocycles. The van der Waals surface area contributed by atoms with Crippen LogP contribution in [0.25, 0.3) is 0 Å². The van der Waals surface area contributed by atoms with Crippen LogP contribution in [0.1, 0.15) is 24.1 Å². The highest BCUT2D eigenvalue weighted by molar-refractivity contribution is 14.0. The number of aromatic nitrogens is 2. The molecule has 2 aromatic rings. The van der Waals surface area contributed by atoms with Crippen LogP contribution in [0.5, 0.6) is 5.88 Å². The van der Waals surface area contributed by atoms with Crippen molar-refractivity contribution in [1.29, 1.82) is 0 Å². The Kier molecular flexibility index (Phi) is 10.4. The van der Waals surface area contributed by atoms with Gasteiger partial charge in [0.05, 0.1) is 17.8 Å². The summed E-state index contributed by atoms with van der Waals surface area (Å²) in [4.78, 5) is 14.7. The minimum atomic E-state index is -4.40. The van der Waals surface area contributed by atoms with E-state index in [9.17, 15) is 13.2 Å². The number of hydrogen-bond donors (Lipinski definition) is 2. The Labute approximate surface area is 202 Å². The van der Waals surface area contributed by atoms with Gasteiger partial charge in [0.25, 0.3) is 0 Å². The molecular weight excluding hydrogens is 536 g/mol. The number of aliphatic imine (C=N–C) groups is 1. The summed E-state index contributed by atoms with van der Waals surface area (Å²) < 4.78 is 43.0. The third kappa shape index (κ3) is 8.41. The maximum Gasteiger partial charge on any atom is 0.417 e. The summed E-state index contributed by atoms with van der Waals surface area (Å²) in [6, 6.07) is 8.46. The first kappa shape index (κ1) is 26.1. The Hall–Kier alpha value is -2.15. The van der Waals surface area contributed by atoms with Crippen molar-refractivity contribution in [1.82, 2.24) is 25.5 Å². The first-order valence-electron chi connectivity index (χ1n) is 10.2. The van der Waals surface area contributed by atoms with Crippen LogP contribution in [-0.4, -0.2) is 60.2 Å². The number of nitrogens with one attached hydrogen (secondary N) is 2. The van der Waals surface area contributed by atoms with Crippen LogP contribution in [0.3, 0.4) is 0 Å². The molecule has 0 radical (unpaired) electrons. The summed E-state index contributed by atoms with van der Waals surface area (Å²) in [5, 5.41) is 6.57. The fourth-order valence-corrected chi connectivity index (χ4v) is 3.30. The molecule has 2 aromatic heterocycles. The maximum absolute atomic E-state index is 12.5. The van der Waals surface area contributed by atoms with Gasteiger partial charge in [-0.1, -0.05) is 6.07 Å². The zero-order chi connectivity index (χ0) is 22.1. The Morgan fingerprint density at radius 1 is 1.19 bits per heavy atom. The number of pyridine rings is 2. The second-order valence-corrected chi connectivity index (χ2v) is 7.25. The number of rotatable bonds is 7. The third-order valence-corrected chi connectivity index (χ3v) is 4.97. The monoisotopic (exact) mass is 564 g/mol. The van der Waals surface area contributed by atoms with Crippen molar-refractivity contribution in [2.24, 2.45) is 4.99 Å². The summed E-state index contributed by atoms with van der Waals surface area (Å²) in [6.45, 7) is 3.51. The molecule has 1 saturated heterocycles. The molecule has 11 heteroatoms. The molecule has 0 spiro atoms. The van der Waals surface area contributed by atoms with Crippen LogP contribution >= 0.6 is 24.0 Å². The molecule has 176 valence electrons. The topological polar surface area (TPSA) is 74.7 Å². The molecule has 1 aliphatic heterocycles. The van der Waals surface area contributed by atoms with Crippen molar-refractivity contribution in [2.45, 2.75) is 31.6 Å². The van der Waals surface area contributed by atoms with Crippen LogP contribution in [0, 0.1) is 0 Å². The van der Waals surface area contributed by atoms with E-state index < -0.39 is 11.7 Å². The molecule has 0 aliphatic carbocycles. The minimum absolute atomic E-state index is 0. The number of likely N-dealkylation sites (tertiary alicyclic amines) is 1. The first-order chi connectivity index (χ1) is 14.9. The van der Waals surface area contributed by atoms with E-state index in [4.69, 9.17) is 4.74 Å². The van der Waals surface area contributed by atoms with Crippen LogP contribution in [0.4, 0.5) is 13.2 Å². The van der Waals surface area contributed by atoms with Crippen LogP contribution in [-0.2, 0) is 12.7 Å². The molecule has 3 rings (SSSR count). The molecule has 0 unspecified atom stereocenters. The fraction of sp³-hybridized carbons (Fsp3) is 0.476. The number of alkyl halides is 3. The van der Waals surface area contributed by atoms with Crippen molar-refractivity contribution in [3.8, 4) is 5.88 Å². The lowest BCUT2D eigenvalue weighted by Crippen LogP contribution is -2.49. The Bertz CT molecular complexity index is 828. The molecular formula is C21H28F3IN6O. The largest absolute Gasteiger partial charge is 0.476 e. The van der Waals surface area contributed by atoms with Crippen LogP contribution < -0.4 is 15.4 Å². The molecule has 32 heavy (non-hydrogen) atoms. The van der Waals surface area contributed by atoms with Crippen molar-refractivity contribution in [2.75, 3.05) is 33.3 Å². The molecule has 7 nitrogen and oxygen atoms in total. The highest BCUT2D eigenvalue weighted by atomic mass is 127. The second kappa shape index (κ2) is 12.8. The van der Waals surface area contributed by atoms with Crippen molar-refractivity contribution in [3.05, 3.63) is 54.0 Å². The molecule has 0 atom stereocenters. The van der Waals surface area contributed by atoms with E-state index in [1.807, 2.05) is 24.4 Å². The maximum atomic E-state index is 12.5. The van der Waals surface area contributed by atoms with Crippen LogP contribution in [0.15, 0.2) is 47.7 Å².